The van der Waals surface area contributed by atoms with Gasteiger partial charge in [-0.1, -0.05) is 11.6 Å². The maximum atomic E-state index is 15.1. The van der Waals surface area contributed by atoms with Crippen molar-refractivity contribution in [2.75, 3.05) is 51.0 Å². The van der Waals surface area contributed by atoms with E-state index in [0.717, 1.165) is 31.5 Å². The first-order valence-corrected chi connectivity index (χ1v) is 16.0. The Kier molecular flexibility index (Phi) is 8.20. The summed E-state index contributed by atoms with van der Waals surface area (Å²) in [6.07, 6.45) is -3.42. The number of piperidine rings is 1. The lowest BCUT2D eigenvalue weighted by Crippen LogP contribution is -2.42. The number of methoxy groups -OCH3 is 1. The lowest BCUT2D eigenvalue weighted by atomic mass is 9.93. The molecule has 3 aromatic rings. The predicted molar refractivity (Wildman–Crippen MR) is 164 cm³/mol. The van der Waals surface area contributed by atoms with Gasteiger partial charge >= 0.3 is 12.2 Å². The zero-order chi connectivity index (χ0) is 33.2. The lowest BCUT2D eigenvalue weighted by molar-refractivity contribution is -0.140. The SMILES string of the molecule is COc1nc2c(c(N3CCCn4nc(C(=O)N5CC6CCCN(C)C6C5)c(Cl)c4C3)n1)COC(c1c(C(F)(F)F)ccc(N)c1F)C2. The molecular weight excluding hydrogens is 644 g/mol. The van der Waals surface area contributed by atoms with Crippen molar-refractivity contribution in [2.24, 2.45) is 5.92 Å². The number of rotatable bonds is 4. The predicted octanol–water partition coefficient (Wildman–Crippen LogP) is 4.47. The molecule has 252 valence electrons. The van der Waals surface area contributed by atoms with Crippen molar-refractivity contribution in [3.05, 3.63) is 56.7 Å². The molecule has 0 spiro atoms. The topological polar surface area (TPSA) is 115 Å². The number of halogens is 5. The molecule has 11 nitrogen and oxygen atoms in total. The van der Waals surface area contributed by atoms with Gasteiger partial charge in [-0.15, -0.1) is 0 Å². The number of fused-ring (bicyclic) bond motifs is 3. The van der Waals surface area contributed by atoms with Gasteiger partial charge in [0.25, 0.3) is 5.91 Å². The smallest absolute Gasteiger partial charge is 0.416 e. The molecule has 0 bridgehead atoms. The summed E-state index contributed by atoms with van der Waals surface area (Å²) in [7, 11) is 3.49. The molecule has 0 radical (unpaired) electrons. The number of likely N-dealkylation sites (N-methyl/N-ethyl adjacent to an activating group) is 1. The van der Waals surface area contributed by atoms with Gasteiger partial charge in [0.1, 0.15) is 5.82 Å². The minimum absolute atomic E-state index is 0.00341. The van der Waals surface area contributed by atoms with Crippen LogP contribution in [-0.2, 0) is 37.0 Å². The molecule has 6 heterocycles. The van der Waals surface area contributed by atoms with Gasteiger partial charge in [-0.3, -0.25) is 9.48 Å². The van der Waals surface area contributed by atoms with Gasteiger partial charge < -0.3 is 29.9 Å². The number of alkyl halides is 3. The molecule has 2 N–H and O–H groups in total. The van der Waals surface area contributed by atoms with E-state index >= 15 is 4.39 Å². The van der Waals surface area contributed by atoms with Crippen LogP contribution < -0.4 is 15.4 Å². The monoisotopic (exact) mass is 678 g/mol. The van der Waals surface area contributed by atoms with Gasteiger partial charge in [0.15, 0.2) is 11.5 Å². The third-order valence-corrected chi connectivity index (χ3v) is 10.3. The Balaban J connectivity index is 1.18. The van der Waals surface area contributed by atoms with Gasteiger partial charge in [0.2, 0.25) is 0 Å². The number of ether oxygens (including phenoxy) is 2. The van der Waals surface area contributed by atoms with Crippen molar-refractivity contribution in [3.8, 4) is 6.01 Å². The van der Waals surface area contributed by atoms with Gasteiger partial charge in [-0.25, -0.2) is 4.39 Å². The van der Waals surface area contributed by atoms with Crippen LogP contribution in [0.5, 0.6) is 6.01 Å². The van der Waals surface area contributed by atoms with Gasteiger partial charge in [-0.2, -0.15) is 28.2 Å². The minimum Gasteiger partial charge on any atom is -0.467 e. The van der Waals surface area contributed by atoms with Crippen molar-refractivity contribution in [3.63, 3.8) is 0 Å². The molecule has 4 aliphatic heterocycles. The molecule has 2 saturated heterocycles. The lowest BCUT2D eigenvalue weighted by Gasteiger charge is -2.33. The number of aryl methyl sites for hydroxylation is 1. The molecule has 7 rings (SSSR count). The van der Waals surface area contributed by atoms with Crippen LogP contribution in [0.3, 0.4) is 0 Å². The number of nitrogens with zero attached hydrogens (tertiary/aromatic N) is 7. The highest BCUT2D eigenvalue weighted by Gasteiger charge is 2.42. The third kappa shape index (κ3) is 5.65. The van der Waals surface area contributed by atoms with E-state index in [1.54, 1.807) is 4.68 Å². The number of carbonyl (C=O) groups is 1. The quantitative estimate of drug-likeness (QED) is 0.316. The number of hydrogen-bond acceptors (Lipinski definition) is 9. The van der Waals surface area contributed by atoms with E-state index in [4.69, 9.17) is 26.8 Å². The largest absolute Gasteiger partial charge is 0.467 e. The number of likely N-dealkylation sites (tertiary alicyclic amines) is 2. The zero-order valence-electron chi connectivity index (χ0n) is 26.0. The van der Waals surface area contributed by atoms with Crippen molar-refractivity contribution in [2.45, 2.75) is 63.7 Å². The number of aromatic nitrogens is 4. The number of hydrogen-bond donors (Lipinski definition) is 1. The van der Waals surface area contributed by atoms with Crippen molar-refractivity contribution >= 4 is 29.0 Å². The summed E-state index contributed by atoms with van der Waals surface area (Å²) in [6.45, 7) is 3.47. The number of nitrogens with two attached hydrogens (primary N) is 1. The fourth-order valence-electron chi connectivity index (χ4n) is 7.46. The normalized spacial score (nSPS) is 23.3. The highest BCUT2D eigenvalue weighted by molar-refractivity contribution is 6.34. The van der Waals surface area contributed by atoms with E-state index in [9.17, 15) is 18.0 Å². The molecule has 4 aliphatic rings. The molecule has 3 atom stereocenters. The van der Waals surface area contributed by atoms with Crippen molar-refractivity contribution < 1.29 is 31.8 Å². The maximum absolute atomic E-state index is 15.1. The number of benzene rings is 1. The number of nitrogen functional groups attached to an aromatic ring is 1. The summed E-state index contributed by atoms with van der Waals surface area (Å²) in [5.74, 6) is -0.462. The average Bonchev–Trinajstić information content (AvgIpc) is 3.54. The van der Waals surface area contributed by atoms with Crippen LogP contribution >= 0.6 is 11.6 Å². The van der Waals surface area contributed by atoms with E-state index in [0.29, 0.717) is 67.3 Å². The second-order valence-electron chi connectivity index (χ2n) is 12.7. The molecule has 3 unspecified atom stereocenters. The van der Waals surface area contributed by atoms with E-state index in [1.807, 2.05) is 9.80 Å². The fraction of sp³-hybridized carbons (Fsp3) is 0.548. The Hall–Kier alpha value is -3.69. The van der Waals surface area contributed by atoms with Crippen LogP contribution in [-0.4, -0.2) is 81.8 Å². The molecule has 1 amide bonds. The van der Waals surface area contributed by atoms with Gasteiger partial charge in [-0.05, 0) is 50.9 Å². The summed E-state index contributed by atoms with van der Waals surface area (Å²) in [4.78, 5) is 28.9. The summed E-state index contributed by atoms with van der Waals surface area (Å²) in [5.41, 5.74) is 5.24. The number of carbonyl (C=O) groups excluding carboxylic acids is 1. The van der Waals surface area contributed by atoms with Crippen LogP contribution in [0, 0.1) is 11.7 Å². The summed E-state index contributed by atoms with van der Waals surface area (Å²) in [5, 5.41) is 4.95. The molecular formula is C31H35ClF4N8O3. The zero-order valence-corrected chi connectivity index (χ0v) is 26.7. The van der Waals surface area contributed by atoms with Gasteiger partial charge in [0.05, 0.1) is 54.0 Å². The van der Waals surface area contributed by atoms with Crippen molar-refractivity contribution in [1.82, 2.24) is 29.5 Å². The first-order valence-electron chi connectivity index (χ1n) is 15.6. The summed E-state index contributed by atoms with van der Waals surface area (Å²) < 4.78 is 69.8. The van der Waals surface area contributed by atoms with Crippen LogP contribution in [0.25, 0.3) is 0 Å². The number of amides is 1. The minimum atomic E-state index is -4.82. The molecule has 1 aromatic carbocycles. The highest BCUT2D eigenvalue weighted by atomic mass is 35.5. The van der Waals surface area contributed by atoms with E-state index in [1.165, 1.54) is 7.11 Å². The second kappa shape index (κ2) is 12.1. The average molecular weight is 679 g/mol. The van der Waals surface area contributed by atoms with Crippen molar-refractivity contribution in [1.29, 1.82) is 0 Å². The Labute approximate surface area is 273 Å². The third-order valence-electron chi connectivity index (χ3n) is 9.86. The van der Waals surface area contributed by atoms with E-state index in [2.05, 4.69) is 27.0 Å². The first kappa shape index (κ1) is 31.9. The Morgan fingerprint density at radius 1 is 1.15 bits per heavy atom. The second-order valence-corrected chi connectivity index (χ2v) is 13.0. The van der Waals surface area contributed by atoms with Crippen LogP contribution in [0.15, 0.2) is 12.1 Å². The first-order chi connectivity index (χ1) is 22.4. The van der Waals surface area contributed by atoms with Gasteiger partial charge in [0, 0.05) is 49.8 Å². The van der Waals surface area contributed by atoms with E-state index < -0.39 is 34.9 Å². The Bertz CT molecular complexity index is 1720. The maximum Gasteiger partial charge on any atom is 0.416 e. The summed E-state index contributed by atoms with van der Waals surface area (Å²) >= 11 is 6.90. The molecule has 0 saturated carbocycles. The highest BCUT2D eigenvalue weighted by Crippen LogP contribution is 2.43. The van der Waals surface area contributed by atoms with Crippen LogP contribution in [0.4, 0.5) is 29.1 Å². The van der Waals surface area contributed by atoms with Crippen LogP contribution in [0.1, 0.15) is 63.9 Å². The molecule has 47 heavy (non-hydrogen) atoms. The molecule has 2 fully saturated rings. The Morgan fingerprint density at radius 3 is 2.70 bits per heavy atom. The Morgan fingerprint density at radius 2 is 1.96 bits per heavy atom. The van der Waals surface area contributed by atoms with E-state index in [-0.39, 0.29) is 42.2 Å². The molecule has 16 heteroatoms. The fourth-order valence-corrected chi connectivity index (χ4v) is 7.74. The summed E-state index contributed by atoms with van der Waals surface area (Å²) in [6, 6.07) is 1.99. The number of anilines is 2. The van der Waals surface area contributed by atoms with Crippen LogP contribution in [0.2, 0.25) is 5.02 Å². The standard InChI is InChI=1S/C31H35ClF4N8O3/c1-41-8-3-5-16-12-43(13-21(16)41)29(45)27-25(32)22-14-42(9-4-10-44(22)40-27)28-17-15-47-23(11-20(17)38-30(39-28)46-2)24-18(31(34,35)36)6-7-19(37)26(24)33/h6-7,16,21,23H,3-5,8-15,37H2,1-2H3. The molecule has 0 aliphatic carbocycles. The molecule has 2 aromatic heterocycles.